The van der Waals surface area contributed by atoms with Crippen molar-refractivity contribution in [2.75, 3.05) is 18.1 Å². The van der Waals surface area contributed by atoms with Crippen LogP contribution in [0.1, 0.15) is 38.1 Å². The molecule has 1 saturated heterocycles. The quantitative estimate of drug-likeness (QED) is 0.770. The number of nitrogens with one attached hydrogen (secondary N) is 1. The van der Waals surface area contributed by atoms with E-state index >= 15 is 0 Å². The molecule has 0 amide bonds. The first-order valence-electron chi connectivity index (χ1n) is 8.33. The van der Waals surface area contributed by atoms with Gasteiger partial charge in [0, 0.05) is 31.1 Å². The summed E-state index contributed by atoms with van der Waals surface area (Å²) in [5.74, 6) is 1.10. The second-order valence-electron chi connectivity index (χ2n) is 6.45. The Morgan fingerprint density at radius 3 is 2.96 bits per heavy atom. The lowest BCUT2D eigenvalue weighted by molar-refractivity contribution is 0.182. The molecule has 124 valence electrons. The van der Waals surface area contributed by atoms with Crippen molar-refractivity contribution in [3.8, 4) is 6.07 Å². The Balaban J connectivity index is 1.82. The van der Waals surface area contributed by atoms with Gasteiger partial charge in [-0.15, -0.1) is 0 Å². The van der Waals surface area contributed by atoms with E-state index in [0.29, 0.717) is 18.2 Å². The molecule has 4 heterocycles. The second kappa shape index (κ2) is 5.80. The Hall–Kier alpha value is -2.59. The molecule has 0 aromatic carbocycles. The summed E-state index contributed by atoms with van der Waals surface area (Å²) in [6, 6.07) is 4.27. The average Bonchev–Trinajstić information content (AvgIpc) is 3.19. The first kappa shape index (κ1) is 15.0. The van der Waals surface area contributed by atoms with Crippen LogP contribution in [0.5, 0.6) is 0 Å². The molecule has 0 aliphatic carbocycles. The van der Waals surface area contributed by atoms with Crippen molar-refractivity contribution in [3.63, 3.8) is 0 Å². The highest BCUT2D eigenvalue weighted by molar-refractivity contribution is 6.01. The molecular weight excluding hydrogens is 304 g/mol. The molecule has 3 aromatic rings. The lowest BCUT2D eigenvalue weighted by Gasteiger charge is -2.35. The summed E-state index contributed by atoms with van der Waals surface area (Å²) in [6.45, 7) is 3.44. The fourth-order valence-corrected chi connectivity index (χ4v) is 3.58. The Bertz CT molecular complexity index is 910. The van der Waals surface area contributed by atoms with Gasteiger partial charge >= 0.3 is 0 Å². The minimum atomic E-state index is -0.664. The first-order valence-corrected chi connectivity index (χ1v) is 8.33. The van der Waals surface area contributed by atoms with E-state index in [9.17, 15) is 5.11 Å². The van der Waals surface area contributed by atoms with Crippen LogP contribution in [0, 0.1) is 17.2 Å². The Morgan fingerprint density at radius 2 is 2.25 bits per heavy atom. The number of piperidine rings is 1. The molecule has 7 heteroatoms. The van der Waals surface area contributed by atoms with E-state index in [2.05, 4.69) is 30.7 Å². The minimum Gasteiger partial charge on any atom is -0.385 e. The zero-order valence-corrected chi connectivity index (χ0v) is 13.6. The molecule has 0 radical (unpaired) electrons. The maximum atomic E-state index is 10.2. The van der Waals surface area contributed by atoms with E-state index in [4.69, 9.17) is 5.26 Å². The highest BCUT2D eigenvalue weighted by Crippen LogP contribution is 2.29. The van der Waals surface area contributed by atoms with Gasteiger partial charge in [-0.1, -0.05) is 0 Å². The lowest BCUT2D eigenvalue weighted by Crippen LogP contribution is -2.42. The van der Waals surface area contributed by atoms with Gasteiger partial charge in [-0.05, 0) is 31.7 Å². The van der Waals surface area contributed by atoms with Gasteiger partial charge < -0.3 is 15.1 Å². The molecule has 24 heavy (non-hydrogen) atoms. The third kappa shape index (κ3) is 2.31. The van der Waals surface area contributed by atoms with E-state index in [-0.39, 0.29) is 0 Å². The van der Waals surface area contributed by atoms with E-state index in [1.807, 2.05) is 12.3 Å². The highest BCUT2D eigenvalue weighted by atomic mass is 16.3. The van der Waals surface area contributed by atoms with Crippen LogP contribution in [-0.2, 0) is 0 Å². The third-order valence-electron chi connectivity index (χ3n) is 4.83. The lowest BCUT2D eigenvalue weighted by atomic mass is 9.95. The van der Waals surface area contributed by atoms with Crippen LogP contribution in [-0.4, -0.2) is 37.8 Å². The average molecular weight is 324 g/mol. The Labute approximate surface area is 139 Å². The molecule has 0 bridgehead atoms. The van der Waals surface area contributed by atoms with Crippen LogP contribution >= 0.6 is 0 Å². The van der Waals surface area contributed by atoms with Gasteiger partial charge in [0.15, 0.2) is 5.82 Å². The van der Waals surface area contributed by atoms with Gasteiger partial charge in [0.2, 0.25) is 0 Å². The molecule has 1 atom stereocenters. The standard InChI is InChI=1S/C17H20N6O/c1-11(24)17-21-14-10-20-16-13(3-7-19-16)15(14)23(17)22-8-4-12(2-6-18)5-9-22/h3,7,10-12,24H,2,4-5,8-9H2,1H3,(H,19,20)/t11-/m1/s1. The number of rotatable bonds is 3. The number of pyridine rings is 1. The monoisotopic (exact) mass is 324 g/mol. The van der Waals surface area contributed by atoms with Crippen molar-refractivity contribution in [3.05, 3.63) is 24.3 Å². The maximum Gasteiger partial charge on any atom is 0.157 e. The Morgan fingerprint density at radius 1 is 1.46 bits per heavy atom. The van der Waals surface area contributed by atoms with E-state index < -0.39 is 6.10 Å². The number of aromatic nitrogens is 4. The predicted octanol–water partition coefficient (Wildman–Crippen LogP) is 2.23. The number of H-pyrrole nitrogens is 1. The van der Waals surface area contributed by atoms with Crippen molar-refractivity contribution >= 4 is 22.1 Å². The van der Waals surface area contributed by atoms with Crippen molar-refractivity contribution in [2.24, 2.45) is 5.92 Å². The first-order chi connectivity index (χ1) is 11.7. The third-order valence-corrected chi connectivity index (χ3v) is 4.83. The molecule has 1 fully saturated rings. The van der Waals surface area contributed by atoms with Gasteiger partial charge in [-0.2, -0.15) is 5.26 Å². The minimum absolute atomic E-state index is 0.463. The highest BCUT2D eigenvalue weighted by Gasteiger charge is 2.25. The SMILES string of the molecule is C[C@@H](O)c1nc2cnc3[nH]ccc3c2n1N1CCC(CC#N)CC1. The molecular formula is C17H20N6O. The van der Waals surface area contributed by atoms with Gasteiger partial charge in [0.25, 0.3) is 0 Å². The summed E-state index contributed by atoms with van der Waals surface area (Å²) < 4.78 is 2.06. The van der Waals surface area contributed by atoms with Crippen molar-refractivity contribution in [1.29, 1.82) is 5.26 Å². The zero-order chi connectivity index (χ0) is 16.7. The van der Waals surface area contributed by atoms with Crippen LogP contribution in [0.3, 0.4) is 0 Å². The van der Waals surface area contributed by atoms with E-state index in [1.54, 1.807) is 13.1 Å². The zero-order valence-electron chi connectivity index (χ0n) is 13.6. The summed E-state index contributed by atoms with van der Waals surface area (Å²) >= 11 is 0. The molecule has 2 N–H and O–H groups in total. The number of aliphatic hydroxyl groups excluding tert-OH is 1. The van der Waals surface area contributed by atoms with Gasteiger partial charge in [-0.3, -0.25) is 0 Å². The second-order valence-corrected chi connectivity index (χ2v) is 6.45. The normalized spacial score (nSPS) is 17.5. The number of fused-ring (bicyclic) bond motifs is 3. The smallest absolute Gasteiger partial charge is 0.157 e. The number of hydrogen-bond donors (Lipinski definition) is 2. The molecule has 3 aromatic heterocycles. The largest absolute Gasteiger partial charge is 0.385 e. The number of imidazole rings is 1. The van der Waals surface area contributed by atoms with Crippen molar-refractivity contribution in [1.82, 2.24) is 19.6 Å². The van der Waals surface area contributed by atoms with Crippen LogP contribution < -0.4 is 5.01 Å². The number of nitriles is 1. The fourth-order valence-electron chi connectivity index (χ4n) is 3.58. The Kier molecular flexibility index (Phi) is 3.62. The van der Waals surface area contributed by atoms with Crippen molar-refractivity contribution in [2.45, 2.75) is 32.3 Å². The summed E-state index contributed by atoms with van der Waals surface area (Å²) in [4.78, 5) is 12.1. The van der Waals surface area contributed by atoms with Crippen LogP contribution in [0.25, 0.3) is 22.1 Å². The van der Waals surface area contributed by atoms with E-state index in [1.165, 1.54) is 0 Å². The summed E-state index contributed by atoms with van der Waals surface area (Å²) in [5.41, 5.74) is 2.59. The topological polar surface area (TPSA) is 93.8 Å². The summed E-state index contributed by atoms with van der Waals surface area (Å²) in [6.07, 6.45) is 5.53. The molecule has 7 nitrogen and oxygen atoms in total. The van der Waals surface area contributed by atoms with Crippen LogP contribution in [0.2, 0.25) is 0 Å². The maximum absolute atomic E-state index is 10.2. The van der Waals surface area contributed by atoms with Gasteiger partial charge in [0.1, 0.15) is 22.8 Å². The fraction of sp³-hybridized carbons (Fsp3) is 0.471. The van der Waals surface area contributed by atoms with Crippen LogP contribution in [0.4, 0.5) is 0 Å². The van der Waals surface area contributed by atoms with Gasteiger partial charge in [0.05, 0.1) is 12.3 Å². The van der Waals surface area contributed by atoms with Crippen LogP contribution in [0.15, 0.2) is 18.5 Å². The molecule has 0 saturated carbocycles. The number of aliphatic hydroxyl groups is 1. The van der Waals surface area contributed by atoms with Crippen molar-refractivity contribution < 1.29 is 5.11 Å². The molecule has 4 rings (SSSR count). The predicted molar refractivity (Wildman–Crippen MR) is 90.9 cm³/mol. The summed E-state index contributed by atoms with van der Waals surface area (Å²) in [7, 11) is 0. The molecule has 1 aliphatic heterocycles. The van der Waals surface area contributed by atoms with Gasteiger partial charge in [-0.25, -0.2) is 14.6 Å². The summed E-state index contributed by atoms with van der Waals surface area (Å²) in [5, 5.41) is 22.4. The van der Waals surface area contributed by atoms with E-state index in [0.717, 1.165) is 48.0 Å². The number of nitrogens with zero attached hydrogens (tertiary/aromatic N) is 5. The molecule has 1 aliphatic rings. The molecule has 0 spiro atoms. The number of hydrogen-bond acceptors (Lipinski definition) is 5. The molecule has 0 unspecified atom stereocenters. The number of aromatic amines is 1.